The Balaban J connectivity index is 2.75. The third-order valence-corrected chi connectivity index (χ3v) is 2.83. The largest absolute Gasteiger partial charge is 0.444 e. The van der Waals surface area contributed by atoms with Crippen molar-refractivity contribution in [1.82, 2.24) is 4.90 Å². The molecule has 114 valence electrons. The first-order chi connectivity index (χ1) is 9.46. The summed E-state index contributed by atoms with van der Waals surface area (Å²) in [4.78, 5) is 13.3. The second-order valence-electron chi connectivity index (χ2n) is 5.68. The van der Waals surface area contributed by atoms with E-state index in [-0.39, 0.29) is 6.54 Å². The minimum atomic E-state index is -3.82. The number of hydrogen-bond acceptors (Lipinski definition) is 4. The van der Waals surface area contributed by atoms with Gasteiger partial charge in [-0.25, -0.2) is 13.2 Å². The Morgan fingerprint density at radius 1 is 1.38 bits per heavy atom. The maximum Gasteiger partial charge on any atom is 0.410 e. The van der Waals surface area contributed by atoms with Crippen molar-refractivity contribution < 1.29 is 17.9 Å². The maximum atomic E-state index is 11.8. The topological polar surface area (TPSA) is 75.7 Å². The van der Waals surface area contributed by atoms with Gasteiger partial charge in [-0.3, -0.25) is 4.72 Å². The molecule has 1 rings (SSSR count). The van der Waals surface area contributed by atoms with Crippen LogP contribution in [0, 0.1) is 0 Å². The molecule has 0 heterocycles. The summed E-state index contributed by atoms with van der Waals surface area (Å²) in [6.45, 7) is 5.65. The number of anilines is 1. The van der Waals surface area contributed by atoms with E-state index in [0.29, 0.717) is 5.69 Å². The second-order valence-corrected chi connectivity index (χ2v) is 6.98. The molecule has 0 aliphatic heterocycles. The van der Waals surface area contributed by atoms with E-state index < -0.39 is 21.6 Å². The Bertz CT molecular complexity index is 611. The Morgan fingerprint density at radius 2 is 2.00 bits per heavy atom. The van der Waals surface area contributed by atoms with Crippen molar-refractivity contribution in [1.29, 1.82) is 0 Å². The zero-order valence-corrected chi connectivity index (χ0v) is 13.4. The van der Waals surface area contributed by atoms with Gasteiger partial charge in [0.15, 0.2) is 9.87 Å². The first-order valence-corrected chi connectivity index (χ1v) is 7.84. The molecule has 1 aromatic carbocycles. The summed E-state index contributed by atoms with van der Waals surface area (Å²) < 4.78 is 29.4. The minimum Gasteiger partial charge on any atom is -0.444 e. The molecule has 8 heteroatoms. The fourth-order valence-corrected chi connectivity index (χ4v) is 2.03. The lowest BCUT2D eigenvalue weighted by atomic mass is 10.2. The van der Waals surface area contributed by atoms with Crippen LogP contribution in [0.4, 0.5) is 10.5 Å². The van der Waals surface area contributed by atoms with Gasteiger partial charge in [-0.2, -0.15) is 0 Å². The van der Waals surface area contributed by atoms with Crippen LogP contribution in [0.25, 0.3) is 0 Å². The quantitative estimate of drug-likeness (QED) is 0.862. The molecule has 6 nitrogen and oxygen atoms in total. The summed E-state index contributed by atoms with van der Waals surface area (Å²) in [6, 6.07) is 6.62. The van der Waals surface area contributed by atoms with Crippen molar-refractivity contribution in [3.63, 3.8) is 0 Å². The second kappa shape index (κ2) is 6.38. The van der Waals surface area contributed by atoms with Crippen molar-refractivity contribution in [2.75, 3.05) is 11.8 Å². The van der Waals surface area contributed by atoms with Gasteiger partial charge in [-0.15, -0.1) is 0 Å². The van der Waals surface area contributed by atoms with E-state index in [0.717, 1.165) is 5.56 Å². The van der Waals surface area contributed by atoms with Gasteiger partial charge in [0.2, 0.25) is 0 Å². The van der Waals surface area contributed by atoms with Crippen LogP contribution < -0.4 is 4.72 Å². The summed E-state index contributed by atoms with van der Waals surface area (Å²) in [5.41, 5.74) is 0.521. The van der Waals surface area contributed by atoms with Gasteiger partial charge in [0.1, 0.15) is 5.60 Å². The molecule has 0 aliphatic carbocycles. The number of carbonyl (C=O) groups excluding carboxylic acids is 1. The predicted octanol–water partition coefficient (Wildman–Crippen LogP) is 1.88. The normalized spacial score (nSPS) is 11.8. The zero-order valence-electron chi connectivity index (χ0n) is 12.6. The van der Waals surface area contributed by atoms with E-state index in [9.17, 15) is 13.2 Å². The number of rotatable bonds is 4. The molecule has 0 unspecified atom stereocenters. The molecule has 21 heavy (non-hydrogen) atoms. The maximum absolute atomic E-state index is 11.8. The lowest BCUT2D eigenvalue weighted by Crippen LogP contribution is -2.33. The van der Waals surface area contributed by atoms with E-state index in [1.165, 1.54) is 4.90 Å². The molecule has 1 amide bonds. The van der Waals surface area contributed by atoms with Crippen LogP contribution in [0.5, 0.6) is 0 Å². The molecule has 2 radical (unpaired) electrons. The SMILES string of the molecule is [B]S(=O)(=O)Nc1cccc(CN(C)C(=O)OC(C)(C)C)c1. The molecular weight excluding hydrogens is 291 g/mol. The molecule has 1 aromatic rings. The Hall–Kier alpha value is -1.70. The van der Waals surface area contributed by atoms with Gasteiger partial charge in [0.25, 0.3) is 7.12 Å². The van der Waals surface area contributed by atoms with E-state index in [4.69, 9.17) is 11.9 Å². The number of carbonyl (C=O) groups is 1. The Kier molecular flexibility index (Phi) is 5.28. The molecule has 0 fully saturated rings. The molecule has 0 saturated heterocycles. The molecule has 0 saturated carbocycles. The molecule has 0 aromatic heterocycles. The van der Waals surface area contributed by atoms with E-state index in [1.54, 1.807) is 52.1 Å². The smallest absolute Gasteiger partial charge is 0.410 e. The van der Waals surface area contributed by atoms with Gasteiger partial charge in [-0.1, -0.05) is 12.1 Å². The number of ether oxygens (including phenoxy) is 1. The summed E-state index contributed by atoms with van der Waals surface area (Å²) in [5, 5.41) is 0. The van der Waals surface area contributed by atoms with Crippen LogP contribution in [0.15, 0.2) is 24.3 Å². The molecular formula is C13H19BN2O4S. The van der Waals surface area contributed by atoms with Crippen molar-refractivity contribution in [3.8, 4) is 0 Å². The lowest BCUT2D eigenvalue weighted by molar-refractivity contribution is 0.0285. The highest BCUT2D eigenvalue weighted by Gasteiger charge is 2.19. The molecule has 0 spiro atoms. The first kappa shape index (κ1) is 17.4. The van der Waals surface area contributed by atoms with E-state index >= 15 is 0 Å². The highest BCUT2D eigenvalue weighted by atomic mass is 32.2. The summed E-state index contributed by atoms with van der Waals surface area (Å²) in [5.74, 6) is 0. The lowest BCUT2D eigenvalue weighted by Gasteiger charge is -2.24. The zero-order chi connectivity index (χ0) is 16.3. The standard InChI is InChI=1S/C13H19BN2O4S/c1-13(2,3)20-12(17)16(4)9-10-6-5-7-11(8-10)15-21(14,18)19/h5-8,15H,9H2,1-4H3. The molecule has 0 aliphatic rings. The Labute approximate surface area is 126 Å². The van der Waals surface area contributed by atoms with Crippen LogP contribution in [-0.2, 0) is 21.2 Å². The Morgan fingerprint density at radius 3 is 2.52 bits per heavy atom. The van der Waals surface area contributed by atoms with Crippen molar-refractivity contribution in [2.24, 2.45) is 0 Å². The molecule has 0 atom stereocenters. The van der Waals surface area contributed by atoms with Crippen molar-refractivity contribution >= 4 is 28.8 Å². The summed E-state index contributed by atoms with van der Waals surface area (Å²) >= 11 is 0. The van der Waals surface area contributed by atoms with Crippen LogP contribution >= 0.6 is 0 Å². The number of benzene rings is 1. The fourth-order valence-electron chi connectivity index (χ4n) is 1.58. The monoisotopic (exact) mass is 310 g/mol. The van der Waals surface area contributed by atoms with Gasteiger partial charge in [0.05, 0.1) is 0 Å². The third kappa shape index (κ3) is 7.03. The summed E-state index contributed by atoms with van der Waals surface area (Å²) in [7, 11) is 2.70. The van der Waals surface area contributed by atoms with Gasteiger partial charge in [-0.05, 0) is 38.5 Å². The number of amides is 1. The fraction of sp³-hybridized carbons (Fsp3) is 0.462. The average molecular weight is 310 g/mol. The highest BCUT2D eigenvalue weighted by molar-refractivity contribution is 8.13. The predicted molar refractivity (Wildman–Crippen MR) is 82.4 cm³/mol. The van der Waals surface area contributed by atoms with E-state index in [2.05, 4.69) is 4.72 Å². The molecule has 0 bridgehead atoms. The van der Waals surface area contributed by atoms with Crippen molar-refractivity contribution in [3.05, 3.63) is 29.8 Å². The minimum absolute atomic E-state index is 0.287. The number of hydrogen-bond donors (Lipinski definition) is 1. The third-order valence-electron chi connectivity index (χ3n) is 2.31. The van der Waals surface area contributed by atoms with Crippen LogP contribution in [0.1, 0.15) is 26.3 Å². The average Bonchev–Trinajstić information content (AvgIpc) is 2.24. The first-order valence-electron chi connectivity index (χ1n) is 6.30. The highest BCUT2D eigenvalue weighted by Crippen LogP contribution is 2.15. The van der Waals surface area contributed by atoms with Crippen LogP contribution in [-0.4, -0.2) is 39.2 Å². The number of nitrogens with zero attached hydrogens (tertiary/aromatic N) is 1. The van der Waals surface area contributed by atoms with Gasteiger partial charge >= 0.3 is 6.09 Å². The van der Waals surface area contributed by atoms with E-state index in [1.807, 2.05) is 0 Å². The molecule has 1 N–H and O–H groups in total. The van der Waals surface area contributed by atoms with Crippen LogP contribution in [0.2, 0.25) is 0 Å². The summed E-state index contributed by atoms with van der Waals surface area (Å²) in [6.07, 6.45) is -0.452. The van der Waals surface area contributed by atoms with Crippen LogP contribution in [0.3, 0.4) is 0 Å². The van der Waals surface area contributed by atoms with Gasteiger partial charge in [0, 0.05) is 19.3 Å². The number of nitrogens with one attached hydrogen (secondary N) is 1. The van der Waals surface area contributed by atoms with Crippen molar-refractivity contribution in [2.45, 2.75) is 32.9 Å². The van der Waals surface area contributed by atoms with Gasteiger partial charge < -0.3 is 9.64 Å².